The first-order valence-corrected chi connectivity index (χ1v) is 9.52. The topological polar surface area (TPSA) is 56.0 Å². The molecule has 4 heterocycles. The van der Waals surface area contributed by atoms with Gasteiger partial charge in [-0.2, -0.15) is 5.10 Å². The predicted molar refractivity (Wildman–Crippen MR) is 102 cm³/mol. The van der Waals surface area contributed by atoms with Crippen LogP contribution in [0.4, 0.5) is 0 Å². The van der Waals surface area contributed by atoms with Crippen molar-refractivity contribution in [2.24, 2.45) is 12.5 Å². The lowest BCUT2D eigenvalue weighted by Gasteiger charge is -2.38. The first kappa shape index (κ1) is 16.3. The van der Waals surface area contributed by atoms with E-state index in [0.29, 0.717) is 5.69 Å². The standard InChI is InChI=1S/C21H23N5O/c1-24-10-7-17(23-24)20(27)25-11-8-21(9-12-25)13-19-22-14-18(26(19)15-21)16-5-3-2-4-6-16/h2-7,10,14H,8-9,11-13,15H2,1H3. The summed E-state index contributed by atoms with van der Waals surface area (Å²) in [5, 5.41) is 4.26. The Bertz CT molecular complexity index is 979. The molecule has 2 aliphatic rings. The lowest BCUT2D eigenvalue weighted by atomic mass is 9.77. The largest absolute Gasteiger partial charge is 0.337 e. The van der Waals surface area contributed by atoms with Gasteiger partial charge in [0.25, 0.3) is 5.91 Å². The van der Waals surface area contributed by atoms with Gasteiger partial charge in [0.15, 0.2) is 0 Å². The van der Waals surface area contributed by atoms with E-state index in [4.69, 9.17) is 4.98 Å². The van der Waals surface area contributed by atoms with Gasteiger partial charge in [0.2, 0.25) is 0 Å². The number of rotatable bonds is 2. The van der Waals surface area contributed by atoms with E-state index in [1.807, 2.05) is 30.4 Å². The summed E-state index contributed by atoms with van der Waals surface area (Å²) < 4.78 is 4.06. The summed E-state index contributed by atoms with van der Waals surface area (Å²) in [4.78, 5) is 19.3. The Balaban J connectivity index is 1.31. The second-order valence-electron chi connectivity index (χ2n) is 7.86. The highest BCUT2D eigenvalue weighted by molar-refractivity contribution is 5.92. The zero-order valence-corrected chi connectivity index (χ0v) is 15.5. The van der Waals surface area contributed by atoms with E-state index in [1.165, 1.54) is 17.1 Å². The average Bonchev–Trinajstić information content (AvgIpc) is 3.37. The summed E-state index contributed by atoms with van der Waals surface area (Å²) in [6.45, 7) is 2.58. The van der Waals surface area contributed by atoms with Crippen LogP contribution in [0.1, 0.15) is 29.2 Å². The van der Waals surface area contributed by atoms with E-state index in [0.717, 1.165) is 38.9 Å². The number of hydrogen-bond donors (Lipinski definition) is 0. The second kappa shape index (κ2) is 6.08. The van der Waals surface area contributed by atoms with Crippen molar-refractivity contribution in [3.63, 3.8) is 0 Å². The third kappa shape index (κ3) is 2.76. The molecular weight excluding hydrogens is 338 g/mol. The Morgan fingerprint density at radius 2 is 1.89 bits per heavy atom. The van der Waals surface area contributed by atoms with Crippen molar-refractivity contribution in [2.45, 2.75) is 25.8 Å². The minimum atomic E-state index is 0.0474. The Morgan fingerprint density at radius 3 is 2.59 bits per heavy atom. The molecule has 0 bridgehead atoms. The summed E-state index contributed by atoms with van der Waals surface area (Å²) in [7, 11) is 1.84. The van der Waals surface area contributed by atoms with E-state index in [2.05, 4.69) is 33.9 Å². The van der Waals surface area contributed by atoms with Gasteiger partial charge in [-0.05, 0) is 29.9 Å². The number of amides is 1. The third-order valence-electron chi connectivity index (χ3n) is 6.08. The van der Waals surface area contributed by atoms with Crippen molar-refractivity contribution in [1.29, 1.82) is 0 Å². The van der Waals surface area contributed by atoms with Crippen LogP contribution in [0.15, 0.2) is 48.8 Å². The number of nitrogens with zero attached hydrogens (tertiary/aromatic N) is 5. The number of carbonyl (C=O) groups excluding carboxylic acids is 1. The fraction of sp³-hybridized carbons (Fsp3) is 0.381. The Labute approximate surface area is 158 Å². The molecular formula is C21H23N5O. The van der Waals surface area contributed by atoms with Crippen LogP contribution >= 0.6 is 0 Å². The molecule has 1 spiro atoms. The summed E-state index contributed by atoms with van der Waals surface area (Å²) >= 11 is 0. The van der Waals surface area contributed by atoms with Gasteiger partial charge in [-0.25, -0.2) is 4.98 Å². The van der Waals surface area contributed by atoms with Crippen LogP contribution in [0.25, 0.3) is 11.3 Å². The van der Waals surface area contributed by atoms with Crippen LogP contribution in [0.5, 0.6) is 0 Å². The Kier molecular flexibility index (Phi) is 3.67. The van der Waals surface area contributed by atoms with Crippen LogP contribution in [-0.4, -0.2) is 43.2 Å². The highest BCUT2D eigenvalue weighted by Crippen LogP contribution is 2.43. The molecule has 1 aromatic carbocycles. The third-order valence-corrected chi connectivity index (χ3v) is 6.08. The monoisotopic (exact) mass is 361 g/mol. The van der Waals surface area contributed by atoms with Crippen molar-refractivity contribution in [2.75, 3.05) is 13.1 Å². The van der Waals surface area contributed by atoms with Gasteiger partial charge in [-0.1, -0.05) is 30.3 Å². The maximum atomic E-state index is 12.7. The summed E-state index contributed by atoms with van der Waals surface area (Å²) in [6, 6.07) is 12.3. The average molecular weight is 361 g/mol. The first-order chi connectivity index (χ1) is 13.1. The number of aryl methyl sites for hydroxylation is 1. The zero-order valence-electron chi connectivity index (χ0n) is 15.5. The first-order valence-electron chi connectivity index (χ1n) is 9.52. The molecule has 1 amide bonds. The normalized spacial score (nSPS) is 18.0. The molecule has 0 radical (unpaired) electrons. The quantitative estimate of drug-likeness (QED) is 0.705. The lowest BCUT2D eigenvalue weighted by molar-refractivity contribution is 0.0570. The highest BCUT2D eigenvalue weighted by atomic mass is 16.2. The zero-order chi connectivity index (χ0) is 18.4. The van der Waals surface area contributed by atoms with Crippen molar-refractivity contribution in [3.05, 3.63) is 60.3 Å². The molecule has 0 saturated carbocycles. The Morgan fingerprint density at radius 1 is 1.11 bits per heavy atom. The molecule has 6 heteroatoms. The minimum Gasteiger partial charge on any atom is -0.337 e. The van der Waals surface area contributed by atoms with Gasteiger partial charge >= 0.3 is 0 Å². The lowest BCUT2D eigenvalue weighted by Crippen LogP contribution is -2.44. The second-order valence-corrected chi connectivity index (χ2v) is 7.86. The van der Waals surface area contributed by atoms with Crippen molar-refractivity contribution >= 4 is 5.91 Å². The maximum absolute atomic E-state index is 12.7. The smallest absolute Gasteiger partial charge is 0.274 e. The van der Waals surface area contributed by atoms with Gasteiger partial charge in [0.05, 0.1) is 11.9 Å². The summed E-state index contributed by atoms with van der Waals surface area (Å²) in [5.74, 6) is 1.23. The van der Waals surface area contributed by atoms with E-state index in [9.17, 15) is 4.79 Å². The molecule has 1 fully saturated rings. The molecule has 2 aliphatic heterocycles. The molecule has 2 aromatic heterocycles. The molecule has 27 heavy (non-hydrogen) atoms. The Hall–Kier alpha value is -2.89. The number of aromatic nitrogens is 4. The van der Waals surface area contributed by atoms with E-state index >= 15 is 0 Å². The van der Waals surface area contributed by atoms with Crippen molar-refractivity contribution in [3.8, 4) is 11.3 Å². The van der Waals surface area contributed by atoms with Gasteiger partial charge in [0.1, 0.15) is 11.5 Å². The van der Waals surface area contributed by atoms with Crippen LogP contribution < -0.4 is 0 Å². The number of likely N-dealkylation sites (tertiary alicyclic amines) is 1. The number of carbonyl (C=O) groups is 1. The van der Waals surface area contributed by atoms with Gasteiger partial charge in [0, 0.05) is 39.3 Å². The van der Waals surface area contributed by atoms with Crippen LogP contribution in [-0.2, 0) is 20.0 Å². The molecule has 0 N–H and O–H groups in total. The minimum absolute atomic E-state index is 0.0474. The van der Waals surface area contributed by atoms with Gasteiger partial charge < -0.3 is 9.47 Å². The summed E-state index contributed by atoms with van der Waals surface area (Å²) in [6.07, 6.45) is 6.86. The number of hydrogen-bond acceptors (Lipinski definition) is 3. The molecule has 0 unspecified atom stereocenters. The fourth-order valence-electron chi connectivity index (χ4n) is 4.51. The maximum Gasteiger partial charge on any atom is 0.274 e. The number of fused-ring (bicyclic) bond motifs is 1. The van der Waals surface area contributed by atoms with Crippen LogP contribution in [0.2, 0.25) is 0 Å². The molecule has 6 nitrogen and oxygen atoms in total. The van der Waals surface area contributed by atoms with Crippen molar-refractivity contribution < 1.29 is 4.79 Å². The number of imidazole rings is 1. The van der Waals surface area contributed by atoms with E-state index in [-0.39, 0.29) is 11.3 Å². The molecule has 3 aromatic rings. The van der Waals surface area contributed by atoms with Gasteiger partial charge in [-0.15, -0.1) is 0 Å². The van der Waals surface area contributed by atoms with Gasteiger partial charge in [-0.3, -0.25) is 9.48 Å². The van der Waals surface area contributed by atoms with E-state index in [1.54, 1.807) is 10.7 Å². The SMILES string of the molecule is Cn1ccc(C(=O)N2CCC3(CC2)Cc2ncc(-c4ccccc4)n2C3)n1. The number of benzene rings is 1. The molecule has 1 saturated heterocycles. The molecule has 0 atom stereocenters. The van der Waals surface area contributed by atoms with Crippen molar-refractivity contribution in [1.82, 2.24) is 24.2 Å². The predicted octanol–water partition coefficient (Wildman–Crippen LogP) is 2.76. The fourth-order valence-corrected chi connectivity index (χ4v) is 4.51. The van der Waals surface area contributed by atoms with Crippen LogP contribution in [0, 0.1) is 5.41 Å². The number of piperidine rings is 1. The highest BCUT2D eigenvalue weighted by Gasteiger charge is 2.42. The summed E-state index contributed by atoms with van der Waals surface area (Å²) in [5.41, 5.74) is 3.19. The molecule has 138 valence electrons. The van der Waals surface area contributed by atoms with E-state index < -0.39 is 0 Å². The molecule has 0 aliphatic carbocycles. The van der Waals surface area contributed by atoms with Crippen LogP contribution in [0.3, 0.4) is 0 Å². The molecule has 5 rings (SSSR count).